The minimum absolute atomic E-state index is 0.0392. The van der Waals surface area contributed by atoms with Gasteiger partial charge in [-0.05, 0) is 24.3 Å². The number of carbonyl (C=O) groups excluding carboxylic acids is 1. The van der Waals surface area contributed by atoms with E-state index in [4.69, 9.17) is 0 Å². The molecule has 3 aromatic rings. The molecule has 0 atom stereocenters. The van der Waals surface area contributed by atoms with Gasteiger partial charge in [0.1, 0.15) is 5.75 Å². The van der Waals surface area contributed by atoms with Gasteiger partial charge in [-0.1, -0.05) is 24.3 Å². The van der Waals surface area contributed by atoms with Crippen LogP contribution in [0.5, 0.6) is 5.75 Å². The molecule has 30 heavy (non-hydrogen) atoms. The number of nitrogens with zero attached hydrogens (tertiary/aromatic N) is 2. The average Bonchev–Trinajstić information content (AvgIpc) is 3.15. The molecule has 0 aliphatic carbocycles. The standard InChI is InChI=1S/C19H17F2N3O4S2/c1-24(30(2,26)27)13-9-7-12(8-10-13)15-11-29-19(22-15)23-17(25)14-5-3-4-6-16(14)28-18(20)21/h3-11,18H,1-2H3,(H,22,23,25). The molecule has 1 amide bonds. The lowest BCUT2D eigenvalue weighted by atomic mass is 10.1. The first kappa shape index (κ1) is 21.7. The van der Waals surface area contributed by atoms with Crippen molar-refractivity contribution in [1.29, 1.82) is 0 Å². The summed E-state index contributed by atoms with van der Waals surface area (Å²) in [5.74, 6) is -0.857. The van der Waals surface area contributed by atoms with Gasteiger partial charge in [0.25, 0.3) is 5.91 Å². The maximum atomic E-state index is 12.5. The number of ether oxygens (including phenoxy) is 1. The number of benzene rings is 2. The molecule has 0 fully saturated rings. The van der Waals surface area contributed by atoms with Crippen molar-refractivity contribution in [2.75, 3.05) is 22.9 Å². The molecule has 0 aliphatic heterocycles. The van der Waals surface area contributed by atoms with Crippen LogP contribution >= 0.6 is 11.3 Å². The van der Waals surface area contributed by atoms with Crippen LogP contribution in [0.1, 0.15) is 10.4 Å². The number of nitrogens with one attached hydrogen (secondary N) is 1. The summed E-state index contributed by atoms with van der Waals surface area (Å²) in [5, 5.41) is 4.56. The van der Waals surface area contributed by atoms with E-state index in [1.165, 1.54) is 31.3 Å². The maximum Gasteiger partial charge on any atom is 0.387 e. The Morgan fingerprint density at radius 2 is 1.83 bits per heavy atom. The molecule has 2 aromatic carbocycles. The number of alkyl halides is 2. The molecule has 0 saturated carbocycles. The zero-order valence-electron chi connectivity index (χ0n) is 15.9. The summed E-state index contributed by atoms with van der Waals surface area (Å²) < 4.78 is 53.8. The van der Waals surface area contributed by atoms with Crippen molar-refractivity contribution in [3.05, 3.63) is 59.5 Å². The molecule has 0 saturated heterocycles. The number of halogens is 2. The van der Waals surface area contributed by atoms with Gasteiger partial charge in [0.2, 0.25) is 10.0 Å². The molecule has 11 heteroatoms. The molecule has 1 N–H and O–H groups in total. The highest BCUT2D eigenvalue weighted by atomic mass is 32.2. The van der Waals surface area contributed by atoms with Crippen LogP contribution in [0.15, 0.2) is 53.9 Å². The second-order valence-electron chi connectivity index (χ2n) is 6.14. The van der Waals surface area contributed by atoms with Gasteiger partial charge in [-0.15, -0.1) is 11.3 Å². The Bertz CT molecular complexity index is 1150. The number of carbonyl (C=O) groups is 1. The summed E-state index contributed by atoms with van der Waals surface area (Å²) in [6.07, 6.45) is 1.11. The number of hydrogen-bond donors (Lipinski definition) is 1. The summed E-state index contributed by atoms with van der Waals surface area (Å²) in [5.41, 5.74) is 1.75. The Balaban J connectivity index is 1.75. The fraction of sp³-hybridized carbons (Fsp3) is 0.158. The van der Waals surface area contributed by atoms with E-state index in [0.717, 1.165) is 27.5 Å². The van der Waals surface area contributed by atoms with Crippen molar-refractivity contribution in [3.8, 4) is 17.0 Å². The van der Waals surface area contributed by atoms with Crippen molar-refractivity contribution in [2.45, 2.75) is 6.61 Å². The molecule has 1 heterocycles. The van der Waals surface area contributed by atoms with Gasteiger partial charge < -0.3 is 4.74 Å². The predicted molar refractivity (Wildman–Crippen MR) is 112 cm³/mol. The van der Waals surface area contributed by atoms with Crippen LogP contribution in [0.2, 0.25) is 0 Å². The third-order valence-corrected chi connectivity index (χ3v) is 6.06. The third kappa shape index (κ3) is 5.10. The second kappa shape index (κ2) is 8.76. The number of sulfonamides is 1. The van der Waals surface area contributed by atoms with Crippen LogP contribution in [0.4, 0.5) is 19.6 Å². The largest absolute Gasteiger partial charge is 0.434 e. The number of aromatic nitrogens is 1. The van der Waals surface area contributed by atoms with Crippen molar-refractivity contribution < 1.29 is 26.7 Å². The van der Waals surface area contributed by atoms with Crippen LogP contribution in [-0.2, 0) is 10.0 Å². The van der Waals surface area contributed by atoms with E-state index < -0.39 is 22.5 Å². The fourth-order valence-electron chi connectivity index (χ4n) is 2.51. The molecule has 0 spiro atoms. The maximum absolute atomic E-state index is 12.5. The van der Waals surface area contributed by atoms with E-state index in [-0.39, 0.29) is 16.4 Å². The molecule has 0 bridgehead atoms. The monoisotopic (exact) mass is 453 g/mol. The molecular weight excluding hydrogens is 436 g/mol. The second-order valence-corrected chi connectivity index (χ2v) is 9.02. The van der Waals surface area contributed by atoms with Crippen LogP contribution in [0, 0.1) is 0 Å². The van der Waals surface area contributed by atoms with Gasteiger partial charge >= 0.3 is 6.61 Å². The smallest absolute Gasteiger partial charge is 0.387 e. The Morgan fingerprint density at radius 1 is 1.17 bits per heavy atom. The zero-order chi connectivity index (χ0) is 21.9. The summed E-state index contributed by atoms with van der Waals surface area (Å²) in [6, 6.07) is 12.4. The Hall–Kier alpha value is -3.05. The summed E-state index contributed by atoms with van der Waals surface area (Å²) in [4.78, 5) is 16.8. The van der Waals surface area contributed by atoms with Gasteiger partial charge in [0.05, 0.1) is 23.2 Å². The number of anilines is 2. The van der Waals surface area contributed by atoms with E-state index in [9.17, 15) is 22.0 Å². The first-order valence-corrected chi connectivity index (χ1v) is 11.2. The normalized spacial score (nSPS) is 11.4. The SMILES string of the molecule is CN(c1ccc(-c2csc(NC(=O)c3ccccc3OC(F)F)n2)cc1)S(C)(=O)=O. The van der Waals surface area contributed by atoms with Crippen molar-refractivity contribution in [3.63, 3.8) is 0 Å². The molecule has 7 nitrogen and oxygen atoms in total. The molecular formula is C19H17F2N3O4S2. The van der Waals surface area contributed by atoms with Crippen molar-refractivity contribution in [2.24, 2.45) is 0 Å². The van der Waals surface area contributed by atoms with Gasteiger partial charge in [0, 0.05) is 18.0 Å². The lowest BCUT2D eigenvalue weighted by molar-refractivity contribution is -0.0501. The van der Waals surface area contributed by atoms with Gasteiger partial charge in [0.15, 0.2) is 5.13 Å². The molecule has 0 aliphatic rings. The Kier molecular flexibility index (Phi) is 6.32. The highest BCUT2D eigenvalue weighted by molar-refractivity contribution is 7.92. The number of para-hydroxylation sites is 1. The average molecular weight is 453 g/mol. The van der Waals surface area contributed by atoms with Crippen molar-refractivity contribution in [1.82, 2.24) is 4.98 Å². The topological polar surface area (TPSA) is 88.6 Å². The van der Waals surface area contributed by atoms with E-state index in [1.807, 2.05) is 0 Å². The number of hydrogen-bond acceptors (Lipinski definition) is 6. The zero-order valence-corrected chi connectivity index (χ0v) is 17.5. The van der Waals surface area contributed by atoms with Crippen molar-refractivity contribution >= 4 is 38.1 Å². The first-order chi connectivity index (χ1) is 14.1. The van der Waals surface area contributed by atoms with Crippen LogP contribution in [0.3, 0.4) is 0 Å². The summed E-state index contributed by atoms with van der Waals surface area (Å²) in [6.45, 7) is -3.05. The van der Waals surface area contributed by atoms with E-state index in [2.05, 4.69) is 15.0 Å². The number of amides is 1. The molecule has 0 radical (unpaired) electrons. The number of thiazole rings is 1. The Morgan fingerprint density at radius 3 is 2.47 bits per heavy atom. The van der Waals surface area contributed by atoms with Crippen LogP contribution in [0.25, 0.3) is 11.3 Å². The predicted octanol–water partition coefficient (Wildman–Crippen LogP) is 4.06. The molecule has 1 aromatic heterocycles. The number of rotatable bonds is 7. The minimum atomic E-state index is -3.37. The van der Waals surface area contributed by atoms with E-state index >= 15 is 0 Å². The van der Waals surface area contributed by atoms with Gasteiger partial charge in [-0.3, -0.25) is 14.4 Å². The molecule has 158 valence electrons. The fourth-order valence-corrected chi connectivity index (χ4v) is 3.73. The third-order valence-electron chi connectivity index (χ3n) is 4.10. The van der Waals surface area contributed by atoms with E-state index in [0.29, 0.717) is 11.4 Å². The summed E-state index contributed by atoms with van der Waals surface area (Å²) in [7, 11) is -1.91. The molecule has 0 unspecified atom stereocenters. The lowest BCUT2D eigenvalue weighted by Crippen LogP contribution is -2.24. The Labute approximate surface area is 176 Å². The van der Waals surface area contributed by atoms with Crippen LogP contribution < -0.4 is 14.4 Å². The van der Waals surface area contributed by atoms with Gasteiger partial charge in [-0.25, -0.2) is 13.4 Å². The molecule has 3 rings (SSSR count). The quantitative estimate of drug-likeness (QED) is 0.583. The first-order valence-electron chi connectivity index (χ1n) is 8.50. The lowest BCUT2D eigenvalue weighted by Gasteiger charge is -2.16. The van der Waals surface area contributed by atoms with Crippen LogP contribution in [-0.4, -0.2) is 39.2 Å². The summed E-state index contributed by atoms with van der Waals surface area (Å²) >= 11 is 1.16. The highest BCUT2D eigenvalue weighted by Crippen LogP contribution is 2.28. The van der Waals surface area contributed by atoms with E-state index in [1.54, 1.807) is 29.6 Å². The highest BCUT2D eigenvalue weighted by Gasteiger charge is 2.17. The van der Waals surface area contributed by atoms with Gasteiger partial charge in [-0.2, -0.15) is 8.78 Å². The minimum Gasteiger partial charge on any atom is -0.434 e.